The second-order valence-corrected chi connectivity index (χ2v) is 8.82. The van der Waals surface area contributed by atoms with Gasteiger partial charge in [-0.15, -0.1) is 0 Å². The highest BCUT2D eigenvalue weighted by Crippen LogP contribution is 2.37. The Hall–Kier alpha value is -5.44. The van der Waals surface area contributed by atoms with Crippen molar-refractivity contribution in [2.24, 2.45) is 0 Å². The Morgan fingerprint density at radius 3 is 1.04 bits per heavy atom. The first-order valence-electron chi connectivity index (χ1n) is 12.3. The van der Waals surface area contributed by atoms with Crippen LogP contribution in [0.2, 0.25) is 0 Å². The van der Waals surface area contributed by atoms with Gasteiger partial charge in [0.2, 0.25) is 0 Å². The van der Waals surface area contributed by atoms with Gasteiger partial charge in [0.1, 0.15) is 26.4 Å². The first kappa shape index (κ1) is 38.7. The molecule has 0 fully saturated rings. The van der Waals surface area contributed by atoms with Crippen molar-refractivity contribution < 1.29 is 102 Å². The molecule has 0 aliphatic carbocycles. The maximum atomic E-state index is 12.9. The van der Waals surface area contributed by atoms with Crippen molar-refractivity contribution in [1.82, 2.24) is 0 Å². The quantitative estimate of drug-likeness (QED) is 0.128. The molecule has 262 valence electrons. The monoisotopic (exact) mass is 710 g/mol. The SMILES string of the molecule is O=C(O)c1cc(-c2ccc(C(=O)OCCOC(=O)C(F)(F)C(F)(F)F)c(C(=O)O)c2)ccc1C(=O)OCCOC(=O)C(F)(F)C(F)(F)F. The summed E-state index contributed by atoms with van der Waals surface area (Å²) in [6.07, 6.45) is -12.5. The molecule has 2 aromatic carbocycles. The summed E-state index contributed by atoms with van der Waals surface area (Å²) in [6.45, 7) is -4.71. The second kappa shape index (κ2) is 14.5. The van der Waals surface area contributed by atoms with Crippen molar-refractivity contribution in [2.45, 2.75) is 24.2 Å². The third-order valence-corrected chi connectivity index (χ3v) is 5.60. The molecule has 0 saturated heterocycles. The van der Waals surface area contributed by atoms with Gasteiger partial charge in [-0.05, 0) is 35.4 Å². The van der Waals surface area contributed by atoms with Crippen molar-refractivity contribution in [1.29, 1.82) is 0 Å². The molecule has 0 bridgehead atoms. The van der Waals surface area contributed by atoms with Crippen LogP contribution in [0.3, 0.4) is 0 Å². The number of hydrogen-bond donors (Lipinski definition) is 2. The Morgan fingerprint density at radius 2 is 0.771 bits per heavy atom. The van der Waals surface area contributed by atoms with E-state index in [9.17, 15) is 82.9 Å². The topological polar surface area (TPSA) is 180 Å². The minimum absolute atomic E-state index is 0.104. The summed E-state index contributed by atoms with van der Waals surface area (Å²) in [7, 11) is 0. The van der Waals surface area contributed by atoms with Crippen molar-refractivity contribution in [3.63, 3.8) is 0 Å². The van der Waals surface area contributed by atoms with Crippen LogP contribution in [-0.2, 0) is 28.5 Å². The predicted molar refractivity (Wildman–Crippen MR) is 130 cm³/mol. The summed E-state index contributed by atoms with van der Waals surface area (Å²) in [5.74, 6) is -24.2. The predicted octanol–water partition coefficient (Wildman–Crippen LogP) is 4.55. The van der Waals surface area contributed by atoms with Crippen LogP contribution in [0.5, 0.6) is 0 Å². The van der Waals surface area contributed by atoms with Gasteiger partial charge in [-0.1, -0.05) is 12.1 Å². The fourth-order valence-corrected chi connectivity index (χ4v) is 3.26. The number of carbonyl (C=O) groups is 6. The van der Waals surface area contributed by atoms with Crippen molar-refractivity contribution in [2.75, 3.05) is 26.4 Å². The van der Waals surface area contributed by atoms with Crippen LogP contribution in [0.25, 0.3) is 11.1 Å². The van der Waals surface area contributed by atoms with Crippen LogP contribution < -0.4 is 0 Å². The number of carboxylic acid groups (broad SMARTS) is 2. The number of alkyl halides is 10. The van der Waals surface area contributed by atoms with E-state index in [0.717, 1.165) is 36.4 Å². The van der Waals surface area contributed by atoms with E-state index in [0.29, 0.717) is 0 Å². The number of esters is 4. The second-order valence-electron chi connectivity index (χ2n) is 8.82. The summed E-state index contributed by atoms with van der Waals surface area (Å²) in [5, 5.41) is 19.1. The van der Waals surface area contributed by atoms with Crippen LogP contribution in [-0.4, -0.2) is 96.7 Å². The van der Waals surface area contributed by atoms with Crippen molar-refractivity contribution in [3.8, 4) is 11.1 Å². The van der Waals surface area contributed by atoms with E-state index in [-0.39, 0.29) is 11.1 Å². The molecule has 0 heterocycles. The zero-order chi connectivity index (χ0) is 36.8. The Bertz CT molecular complexity index is 1480. The Balaban J connectivity index is 2.16. The average molecular weight is 710 g/mol. The molecule has 48 heavy (non-hydrogen) atoms. The maximum absolute atomic E-state index is 12.9. The highest BCUT2D eigenvalue weighted by atomic mass is 19.4. The van der Waals surface area contributed by atoms with Crippen molar-refractivity contribution in [3.05, 3.63) is 58.7 Å². The van der Waals surface area contributed by atoms with E-state index in [1.807, 2.05) is 0 Å². The molecular formula is C26H16F10O12. The summed E-state index contributed by atoms with van der Waals surface area (Å²) in [4.78, 5) is 70.1. The molecule has 12 nitrogen and oxygen atoms in total. The number of hydrogen-bond acceptors (Lipinski definition) is 10. The number of rotatable bonds is 13. The molecule has 2 rings (SSSR count). The lowest BCUT2D eigenvalue weighted by Crippen LogP contribution is -2.45. The first-order chi connectivity index (χ1) is 21.9. The zero-order valence-corrected chi connectivity index (χ0v) is 23.0. The Morgan fingerprint density at radius 1 is 0.479 bits per heavy atom. The highest BCUT2D eigenvalue weighted by molar-refractivity contribution is 6.05. The van der Waals surface area contributed by atoms with Gasteiger partial charge in [0.15, 0.2) is 0 Å². The van der Waals surface area contributed by atoms with Gasteiger partial charge < -0.3 is 29.2 Å². The third-order valence-electron chi connectivity index (χ3n) is 5.60. The fraction of sp³-hybridized carbons (Fsp3) is 0.308. The van der Waals surface area contributed by atoms with E-state index in [1.54, 1.807) is 0 Å². The molecular weight excluding hydrogens is 694 g/mol. The van der Waals surface area contributed by atoms with Gasteiger partial charge in [-0.2, -0.15) is 43.9 Å². The molecule has 0 spiro atoms. The molecule has 0 unspecified atom stereocenters. The van der Waals surface area contributed by atoms with Gasteiger partial charge in [-0.3, -0.25) is 0 Å². The number of carbonyl (C=O) groups excluding carboxylic acids is 4. The molecule has 0 aromatic heterocycles. The molecule has 0 aliphatic rings. The molecule has 22 heteroatoms. The fourth-order valence-electron chi connectivity index (χ4n) is 3.26. The first-order valence-corrected chi connectivity index (χ1v) is 12.3. The van der Waals surface area contributed by atoms with Crippen molar-refractivity contribution >= 4 is 35.8 Å². The Kier molecular flexibility index (Phi) is 11.7. The number of ether oxygens (including phenoxy) is 4. The smallest absolute Gasteiger partial charge is 0.465 e. The van der Waals surface area contributed by atoms with E-state index >= 15 is 0 Å². The number of benzene rings is 2. The summed E-state index contributed by atoms with van der Waals surface area (Å²) >= 11 is 0. The molecule has 2 aromatic rings. The normalized spacial score (nSPS) is 12.1. The minimum atomic E-state index is -6.26. The number of carboxylic acids is 2. The van der Waals surface area contributed by atoms with E-state index < -0.39 is 109 Å². The van der Waals surface area contributed by atoms with Gasteiger partial charge in [0.25, 0.3) is 0 Å². The van der Waals surface area contributed by atoms with Crippen LogP contribution in [0.15, 0.2) is 36.4 Å². The lowest BCUT2D eigenvalue weighted by molar-refractivity contribution is -0.281. The summed E-state index contributed by atoms with van der Waals surface area (Å²) in [5.41, 5.74) is -3.22. The van der Waals surface area contributed by atoms with E-state index in [2.05, 4.69) is 18.9 Å². The van der Waals surface area contributed by atoms with Crippen LogP contribution in [0.4, 0.5) is 43.9 Å². The zero-order valence-electron chi connectivity index (χ0n) is 23.0. The minimum Gasteiger partial charge on any atom is -0.478 e. The lowest BCUT2D eigenvalue weighted by atomic mass is 9.96. The van der Waals surface area contributed by atoms with E-state index in [1.165, 1.54) is 0 Å². The van der Waals surface area contributed by atoms with Gasteiger partial charge in [0.05, 0.1) is 22.3 Å². The summed E-state index contributed by atoms with van der Waals surface area (Å²) < 4.78 is 141. The molecule has 2 N–H and O–H groups in total. The molecule has 0 aliphatic heterocycles. The largest absolute Gasteiger partial charge is 0.478 e. The van der Waals surface area contributed by atoms with Gasteiger partial charge >= 0.3 is 60.0 Å². The molecule has 0 atom stereocenters. The molecule has 0 saturated carbocycles. The number of halogens is 10. The van der Waals surface area contributed by atoms with Crippen LogP contribution >= 0.6 is 0 Å². The van der Waals surface area contributed by atoms with Crippen LogP contribution in [0, 0.1) is 0 Å². The van der Waals surface area contributed by atoms with Crippen LogP contribution in [0.1, 0.15) is 41.4 Å². The molecule has 0 radical (unpaired) electrons. The van der Waals surface area contributed by atoms with Gasteiger partial charge in [0, 0.05) is 0 Å². The molecule has 0 amide bonds. The van der Waals surface area contributed by atoms with Gasteiger partial charge in [-0.25, -0.2) is 28.8 Å². The average Bonchev–Trinajstić information content (AvgIpc) is 2.98. The number of aromatic carboxylic acids is 2. The lowest BCUT2D eigenvalue weighted by Gasteiger charge is -2.17. The maximum Gasteiger partial charge on any atom is 0.465 e. The third kappa shape index (κ3) is 8.88. The highest BCUT2D eigenvalue weighted by Gasteiger charge is 2.65. The standard InChI is InChI=1S/C26H16F10O12/c27-23(28,25(31,32)33)21(43)47-7-5-45-19(41)13-3-1-11(9-15(13)17(37)38)12-2-4-14(16(10-12)18(39)40)20(42)46-6-8-48-22(44)24(29,30)26(34,35)36/h1-4,9-10H,5-8H2,(H,37,38)(H,39,40). The Labute approximate surface area is 258 Å². The van der Waals surface area contributed by atoms with E-state index in [4.69, 9.17) is 0 Å². The summed E-state index contributed by atoms with van der Waals surface area (Å²) in [6, 6.07) is 5.36.